The number of hydrogen-bond acceptors (Lipinski definition) is 4. The number of ketones is 1. The van der Waals surface area contributed by atoms with Crippen LogP contribution in [0.15, 0.2) is 30.3 Å². The van der Waals surface area contributed by atoms with Crippen LogP contribution in [0, 0.1) is 0 Å². The zero-order valence-corrected chi connectivity index (χ0v) is 13.7. The van der Waals surface area contributed by atoms with Crippen LogP contribution in [0.4, 0.5) is 5.69 Å². The van der Waals surface area contributed by atoms with Crippen LogP contribution in [0.2, 0.25) is 0 Å². The van der Waals surface area contributed by atoms with Gasteiger partial charge in [-0.25, -0.2) is 0 Å². The number of carbonyl (C=O) groups excluding carboxylic acids is 1. The van der Waals surface area contributed by atoms with E-state index in [2.05, 4.69) is 20.8 Å². The van der Waals surface area contributed by atoms with Gasteiger partial charge in [0, 0.05) is 10.4 Å². The highest BCUT2D eigenvalue weighted by Gasteiger charge is 2.19. The SMILES string of the molecule is CCOc1ccc(C(=O)c2ccc(C(C)(C)C)s2)cc1N. The molecule has 21 heavy (non-hydrogen) atoms. The Morgan fingerprint density at radius 1 is 1.24 bits per heavy atom. The van der Waals surface area contributed by atoms with E-state index in [1.807, 2.05) is 19.1 Å². The highest BCUT2D eigenvalue weighted by Crippen LogP contribution is 2.31. The fourth-order valence-electron chi connectivity index (χ4n) is 1.98. The predicted molar refractivity (Wildman–Crippen MR) is 88.5 cm³/mol. The molecule has 0 bridgehead atoms. The number of nitrogens with two attached hydrogens (primary N) is 1. The molecule has 4 heteroatoms. The second-order valence-electron chi connectivity index (χ2n) is 5.93. The third kappa shape index (κ3) is 3.45. The Balaban J connectivity index is 2.28. The molecule has 112 valence electrons. The first-order valence-corrected chi connectivity index (χ1v) is 7.82. The molecule has 2 aromatic rings. The highest BCUT2D eigenvalue weighted by molar-refractivity contribution is 7.14. The summed E-state index contributed by atoms with van der Waals surface area (Å²) in [5.41, 5.74) is 7.07. The Bertz CT molecular complexity index is 653. The summed E-state index contributed by atoms with van der Waals surface area (Å²) in [6.07, 6.45) is 0. The molecule has 1 aromatic carbocycles. The van der Waals surface area contributed by atoms with E-state index in [4.69, 9.17) is 10.5 Å². The maximum Gasteiger partial charge on any atom is 0.203 e. The van der Waals surface area contributed by atoms with Crippen LogP contribution in [-0.4, -0.2) is 12.4 Å². The second kappa shape index (κ2) is 5.90. The minimum atomic E-state index is 0.00486. The van der Waals surface area contributed by atoms with Gasteiger partial charge in [-0.1, -0.05) is 20.8 Å². The van der Waals surface area contributed by atoms with Gasteiger partial charge in [-0.2, -0.15) is 0 Å². The van der Waals surface area contributed by atoms with Crippen molar-refractivity contribution in [1.82, 2.24) is 0 Å². The second-order valence-corrected chi connectivity index (χ2v) is 7.01. The molecule has 2 N–H and O–H groups in total. The van der Waals surface area contributed by atoms with Crippen molar-refractivity contribution in [2.24, 2.45) is 0 Å². The number of anilines is 1. The number of hydrogen-bond donors (Lipinski definition) is 1. The number of thiophene rings is 1. The molecule has 0 aliphatic rings. The number of carbonyl (C=O) groups is 1. The van der Waals surface area contributed by atoms with E-state index in [1.54, 1.807) is 29.5 Å². The van der Waals surface area contributed by atoms with Gasteiger partial charge in [-0.05, 0) is 42.7 Å². The van der Waals surface area contributed by atoms with Gasteiger partial charge < -0.3 is 10.5 Å². The summed E-state index contributed by atoms with van der Waals surface area (Å²) < 4.78 is 5.39. The zero-order valence-electron chi connectivity index (χ0n) is 12.9. The fourth-order valence-corrected chi connectivity index (χ4v) is 3.01. The van der Waals surface area contributed by atoms with E-state index < -0.39 is 0 Å². The molecule has 0 spiro atoms. The lowest BCUT2D eigenvalue weighted by molar-refractivity contribution is 0.104. The van der Waals surface area contributed by atoms with Crippen molar-refractivity contribution in [2.75, 3.05) is 12.3 Å². The summed E-state index contributed by atoms with van der Waals surface area (Å²) in [6.45, 7) is 8.88. The average molecular weight is 303 g/mol. The molecule has 0 unspecified atom stereocenters. The fraction of sp³-hybridized carbons (Fsp3) is 0.353. The summed E-state index contributed by atoms with van der Waals surface area (Å²) in [4.78, 5) is 14.5. The van der Waals surface area contributed by atoms with Gasteiger partial charge in [-0.15, -0.1) is 11.3 Å². The summed E-state index contributed by atoms with van der Waals surface area (Å²) in [5, 5.41) is 0. The van der Waals surface area contributed by atoms with E-state index in [-0.39, 0.29) is 11.2 Å². The minimum absolute atomic E-state index is 0.00486. The molecule has 0 aliphatic carbocycles. The van der Waals surface area contributed by atoms with Crippen molar-refractivity contribution in [3.63, 3.8) is 0 Å². The Kier molecular flexibility index (Phi) is 4.37. The highest BCUT2D eigenvalue weighted by atomic mass is 32.1. The summed E-state index contributed by atoms with van der Waals surface area (Å²) in [5.74, 6) is 0.626. The van der Waals surface area contributed by atoms with Crippen LogP contribution in [-0.2, 0) is 5.41 Å². The van der Waals surface area contributed by atoms with Crippen molar-refractivity contribution in [1.29, 1.82) is 0 Å². The van der Waals surface area contributed by atoms with Crippen LogP contribution in [0.3, 0.4) is 0 Å². The molecule has 0 saturated heterocycles. The van der Waals surface area contributed by atoms with Crippen LogP contribution in [0.25, 0.3) is 0 Å². The first-order valence-electron chi connectivity index (χ1n) is 7.00. The van der Waals surface area contributed by atoms with Gasteiger partial charge >= 0.3 is 0 Å². The predicted octanol–water partition coefficient (Wildman–Crippen LogP) is 4.26. The first-order chi connectivity index (χ1) is 9.82. The van der Waals surface area contributed by atoms with Gasteiger partial charge in [0.1, 0.15) is 5.75 Å². The maximum atomic E-state index is 12.5. The van der Waals surface area contributed by atoms with E-state index in [0.717, 1.165) is 4.88 Å². The topological polar surface area (TPSA) is 52.3 Å². The summed E-state index contributed by atoms with van der Waals surface area (Å²) in [7, 11) is 0. The Labute approximate surface area is 129 Å². The van der Waals surface area contributed by atoms with Crippen molar-refractivity contribution in [2.45, 2.75) is 33.1 Å². The molecule has 1 aromatic heterocycles. The monoisotopic (exact) mass is 303 g/mol. The van der Waals surface area contributed by atoms with E-state index >= 15 is 0 Å². The Morgan fingerprint density at radius 3 is 2.48 bits per heavy atom. The van der Waals surface area contributed by atoms with Gasteiger partial charge in [0.2, 0.25) is 5.78 Å². The smallest absolute Gasteiger partial charge is 0.203 e. The van der Waals surface area contributed by atoms with Gasteiger partial charge in [-0.3, -0.25) is 4.79 Å². The van der Waals surface area contributed by atoms with E-state index in [1.165, 1.54) is 4.88 Å². The van der Waals surface area contributed by atoms with Crippen molar-refractivity contribution in [3.05, 3.63) is 45.6 Å². The van der Waals surface area contributed by atoms with Crippen molar-refractivity contribution < 1.29 is 9.53 Å². The Hall–Kier alpha value is -1.81. The molecule has 0 fully saturated rings. The average Bonchev–Trinajstić information content (AvgIpc) is 2.90. The van der Waals surface area contributed by atoms with Crippen molar-refractivity contribution in [3.8, 4) is 5.75 Å². The quantitative estimate of drug-likeness (QED) is 0.678. The molecule has 0 radical (unpaired) electrons. The van der Waals surface area contributed by atoms with Crippen molar-refractivity contribution >= 4 is 22.8 Å². The lowest BCUT2D eigenvalue weighted by atomic mass is 9.95. The van der Waals surface area contributed by atoms with Crippen LogP contribution in [0.1, 0.15) is 47.8 Å². The van der Waals surface area contributed by atoms with Gasteiger partial charge in [0.15, 0.2) is 0 Å². The molecular formula is C17H21NO2S. The third-order valence-electron chi connectivity index (χ3n) is 3.14. The normalized spacial score (nSPS) is 11.4. The van der Waals surface area contributed by atoms with Crippen LogP contribution in [0.5, 0.6) is 5.75 Å². The largest absolute Gasteiger partial charge is 0.492 e. The lowest BCUT2D eigenvalue weighted by Gasteiger charge is -2.15. The number of nitrogen functional groups attached to an aromatic ring is 1. The Morgan fingerprint density at radius 2 is 1.95 bits per heavy atom. The standard InChI is InChI=1S/C17H21NO2S/c1-5-20-13-7-6-11(10-12(13)18)16(19)14-8-9-15(21-14)17(2,3)4/h6-10H,5,18H2,1-4H3. The molecule has 3 nitrogen and oxygen atoms in total. The summed E-state index contributed by atoms with van der Waals surface area (Å²) >= 11 is 1.54. The number of rotatable bonds is 4. The maximum absolute atomic E-state index is 12.5. The first kappa shape index (κ1) is 15.6. The summed E-state index contributed by atoms with van der Waals surface area (Å²) in [6, 6.07) is 9.12. The molecule has 0 atom stereocenters. The lowest BCUT2D eigenvalue weighted by Crippen LogP contribution is -2.08. The molecular weight excluding hydrogens is 282 g/mol. The molecule has 0 amide bonds. The number of ether oxygens (including phenoxy) is 1. The van der Waals surface area contributed by atoms with Gasteiger partial charge in [0.05, 0.1) is 17.2 Å². The molecule has 0 saturated carbocycles. The third-order valence-corrected chi connectivity index (χ3v) is 4.65. The van der Waals surface area contributed by atoms with Gasteiger partial charge in [0.25, 0.3) is 0 Å². The van der Waals surface area contributed by atoms with Crippen LogP contribution >= 0.6 is 11.3 Å². The molecule has 1 heterocycles. The zero-order chi connectivity index (χ0) is 15.6. The number of benzene rings is 1. The van der Waals surface area contributed by atoms with E-state index in [0.29, 0.717) is 23.6 Å². The minimum Gasteiger partial charge on any atom is -0.492 e. The molecule has 2 rings (SSSR count). The van der Waals surface area contributed by atoms with Crippen LogP contribution < -0.4 is 10.5 Å². The molecule has 0 aliphatic heterocycles. The van der Waals surface area contributed by atoms with E-state index in [9.17, 15) is 4.79 Å².